The molecule has 2 atom stereocenters. The SMILES string of the molecule is CB(O)C1CCCN1C(=O)C1NCC1(C)C. The van der Waals surface area contributed by atoms with Crippen molar-refractivity contribution in [1.29, 1.82) is 0 Å². The normalized spacial score (nSPS) is 32.4. The summed E-state index contributed by atoms with van der Waals surface area (Å²) < 4.78 is 0. The topological polar surface area (TPSA) is 52.6 Å². The smallest absolute Gasteiger partial charge is 0.309 e. The third-order valence-electron chi connectivity index (χ3n) is 3.93. The average molecular weight is 224 g/mol. The first-order valence-corrected chi connectivity index (χ1v) is 6.15. The summed E-state index contributed by atoms with van der Waals surface area (Å²) >= 11 is 0. The van der Waals surface area contributed by atoms with E-state index in [4.69, 9.17) is 0 Å². The highest BCUT2D eigenvalue weighted by molar-refractivity contribution is 6.51. The van der Waals surface area contributed by atoms with Crippen LogP contribution in [-0.2, 0) is 4.79 Å². The van der Waals surface area contributed by atoms with Crippen molar-refractivity contribution >= 4 is 12.8 Å². The van der Waals surface area contributed by atoms with Crippen molar-refractivity contribution in [3.63, 3.8) is 0 Å². The van der Waals surface area contributed by atoms with Crippen LogP contribution >= 0.6 is 0 Å². The Morgan fingerprint density at radius 3 is 2.69 bits per heavy atom. The molecule has 0 saturated carbocycles. The fourth-order valence-electron chi connectivity index (χ4n) is 2.77. The van der Waals surface area contributed by atoms with E-state index >= 15 is 0 Å². The van der Waals surface area contributed by atoms with Crippen molar-refractivity contribution in [2.45, 2.75) is 45.5 Å². The lowest BCUT2D eigenvalue weighted by atomic mass is 9.62. The second-order valence-corrected chi connectivity index (χ2v) is 5.78. The first-order chi connectivity index (χ1) is 7.43. The molecule has 5 heteroatoms. The molecule has 2 aliphatic rings. The Morgan fingerprint density at radius 1 is 1.56 bits per heavy atom. The lowest BCUT2D eigenvalue weighted by Crippen LogP contribution is -2.67. The summed E-state index contributed by atoms with van der Waals surface area (Å²) in [5.74, 6) is 0.186. The monoisotopic (exact) mass is 224 g/mol. The highest BCUT2D eigenvalue weighted by atomic mass is 16.2. The number of carbonyl (C=O) groups is 1. The maximum absolute atomic E-state index is 12.3. The molecule has 0 radical (unpaired) electrons. The van der Waals surface area contributed by atoms with Crippen LogP contribution in [0, 0.1) is 5.41 Å². The Bertz CT molecular complexity index is 294. The van der Waals surface area contributed by atoms with Crippen LogP contribution in [0.15, 0.2) is 0 Å². The van der Waals surface area contributed by atoms with Gasteiger partial charge in [-0.2, -0.15) is 0 Å². The minimum atomic E-state index is -0.422. The quantitative estimate of drug-likeness (QED) is 0.655. The van der Waals surface area contributed by atoms with E-state index in [1.165, 1.54) is 0 Å². The van der Waals surface area contributed by atoms with Crippen LogP contribution in [0.2, 0.25) is 6.82 Å². The number of amides is 1. The molecule has 2 N–H and O–H groups in total. The van der Waals surface area contributed by atoms with E-state index in [9.17, 15) is 9.82 Å². The summed E-state index contributed by atoms with van der Waals surface area (Å²) in [6.07, 6.45) is 1.94. The zero-order valence-electron chi connectivity index (χ0n) is 10.4. The summed E-state index contributed by atoms with van der Waals surface area (Å²) in [4.78, 5) is 14.2. The molecule has 0 bridgehead atoms. The molecule has 2 rings (SSSR count). The third kappa shape index (κ3) is 1.86. The fourth-order valence-corrected chi connectivity index (χ4v) is 2.77. The second-order valence-electron chi connectivity index (χ2n) is 5.78. The highest BCUT2D eigenvalue weighted by Crippen LogP contribution is 2.31. The molecule has 16 heavy (non-hydrogen) atoms. The number of hydrogen-bond donors (Lipinski definition) is 2. The van der Waals surface area contributed by atoms with Crippen LogP contribution in [0.4, 0.5) is 0 Å². The van der Waals surface area contributed by atoms with Gasteiger partial charge >= 0.3 is 6.92 Å². The molecule has 0 spiro atoms. The lowest BCUT2D eigenvalue weighted by Gasteiger charge is -2.46. The number of nitrogens with zero attached hydrogens (tertiary/aromatic N) is 1. The van der Waals surface area contributed by atoms with E-state index in [0.717, 1.165) is 25.9 Å². The van der Waals surface area contributed by atoms with Gasteiger partial charge in [-0.25, -0.2) is 0 Å². The van der Waals surface area contributed by atoms with Gasteiger partial charge in [0, 0.05) is 24.4 Å². The summed E-state index contributed by atoms with van der Waals surface area (Å²) in [7, 11) is 0. The average Bonchev–Trinajstić information content (AvgIpc) is 2.64. The van der Waals surface area contributed by atoms with Crippen molar-refractivity contribution in [3.8, 4) is 0 Å². The number of hydrogen-bond acceptors (Lipinski definition) is 3. The van der Waals surface area contributed by atoms with Gasteiger partial charge in [0.05, 0.1) is 6.04 Å². The maximum atomic E-state index is 12.3. The van der Waals surface area contributed by atoms with Crippen LogP contribution in [-0.4, -0.2) is 47.8 Å². The van der Waals surface area contributed by atoms with Gasteiger partial charge < -0.3 is 15.2 Å². The molecule has 0 aromatic carbocycles. The number of rotatable bonds is 2. The largest absolute Gasteiger partial charge is 0.449 e. The molecule has 2 heterocycles. The van der Waals surface area contributed by atoms with E-state index in [0.29, 0.717) is 0 Å². The van der Waals surface area contributed by atoms with Crippen molar-refractivity contribution in [2.75, 3.05) is 13.1 Å². The predicted molar refractivity (Wildman–Crippen MR) is 64.1 cm³/mol. The van der Waals surface area contributed by atoms with Crippen molar-refractivity contribution in [1.82, 2.24) is 10.2 Å². The lowest BCUT2D eigenvalue weighted by molar-refractivity contribution is -0.140. The number of likely N-dealkylation sites (tertiary alicyclic amines) is 1. The molecular weight excluding hydrogens is 203 g/mol. The molecule has 2 fully saturated rings. The van der Waals surface area contributed by atoms with E-state index in [1.807, 2.05) is 4.90 Å². The summed E-state index contributed by atoms with van der Waals surface area (Å²) in [6.45, 7) is 7.27. The highest BCUT2D eigenvalue weighted by Gasteiger charge is 2.47. The Kier molecular flexibility index (Phi) is 3.01. The summed E-state index contributed by atoms with van der Waals surface area (Å²) in [5.41, 5.74) is 0.0584. The molecule has 4 nitrogen and oxygen atoms in total. The molecule has 2 saturated heterocycles. The fraction of sp³-hybridized carbons (Fsp3) is 0.909. The van der Waals surface area contributed by atoms with Gasteiger partial charge in [-0.15, -0.1) is 0 Å². The molecule has 2 aliphatic heterocycles. The summed E-state index contributed by atoms with van der Waals surface area (Å²) in [5, 5.41) is 12.9. The van der Waals surface area contributed by atoms with Crippen LogP contribution < -0.4 is 5.32 Å². The molecule has 1 amide bonds. The zero-order valence-corrected chi connectivity index (χ0v) is 10.4. The van der Waals surface area contributed by atoms with Gasteiger partial charge in [-0.05, 0) is 12.8 Å². The minimum absolute atomic E-state index is 0.0192. The first kappa shape index (κ1) is 11.9. The van der Waals surface area contributed by atoms with Crippen LogP contribution in [0.3, 0.4) is 0 Å². The molecule has 90 valence electrons. The number of carbonyl (C=O) groups excluding carboxylic acids is 1. The Labute approximate surface area is 97.5 Å². The number of nitrogens with one attached hydrogen (secondary N) is 1. The van der Waals surface area contributed by atoms with E-state index in [1.54, 1.807) is 6.82 Å². The van der Waals surface area contributed by atoms with Crippen LogP contribution in [0.1, 0.15) is 26.7 Å². The Hall–Kier alpha value is -0.545. The second kappa shape index (κ2) is 4.04. The van der Waals surface area contributed by atoms with Gasteiger partial charge in [0.2, 0.25) is 5.91 Å². The van der Waals surface area contributed by atoms with E-state index in [2.05, 4.69) is 19.2 Å². The van der Waals surface area contributed by atoms with Crippen molar-refractivity contribution in [2.24, 2.45) is 5.41 Å². The molecule has 0 aromatic heterocycles. The standard InChI is InChI=1S/C11H21BN2O2/c1-11(2)7-13-9(11)10(15)14-6-4-5-8(14)12(3)16/h8-9,13,16H,4-7H2,1-3H3. The van der Waals surface area contributed by atoms with E-state index in [-0.39, 0.29) is 23.3 Å². The van der Waals surface area contributed by atoms with Crippen molar-refractivity contribution in [3.05, 3.63) is 0 Å². The molecule has 0 aromatic rings. The van der Waals surface area contributed by atoms with Gasteiger partial charge in [0.15, 0.2) is 0 Å². The molecule has 2 unspecified atom stereocenters. The van der Waals surface area contributed by atoms with Gasteiger partial charge in [0.25, 0.3) is 0 Å². The molecule has 0 aliphatic carbocycles. The predicted octanol–water partition coefficient (Wildman–Crippen LogP) is 0.128. The minimum Gasteiger partial charge on any atom is -0.449 e. The molecular formula is C11H21BN2O2. The first-order valence-electron chi connectivity index (χ1n) is 6.15. The van der Waals surface area contributed by atoms with Gasteiger partial charge in [-0.1, -0.05) is 20.7 Å². The van der Waals surface area contributed by atoms with Gasteiger partial charge in [-0.3, -0.25) is 4.79 Å². The Balaban J connectivity index is 2.04. The Morgan fingerprint density at radius 2 is 2.25 bits per heavy atom. The van der Waals surface area contributed by atoms with Crippen molar-refractivity contribution < 1.29 is 9.82 Å². The summed E-state index contributed by atoms with van der Waals surface area (Å²) in [6, 6.07) is -0.0631. The van der Waals surface area contributed by atoms with E-state index < -0.39 is 6.92 Å². The van der Waals surface area contributed by atoms with Gasteiger partial charge in [0.1, 0.15) is 0 Å². The maximum Gasteiger partial charge on any atom is 0.309 e. The van der Waals surface area contributed by atoms with Crippen LogP contribution in [0.25, 0.3) is 0 Å². The van der Waals surface area contributed by atoms with Crippen LogP contribution in [0.5, 0.6) is 0 Å². The third-order valence-corrected chi connectivity index (χ3v) is 3.93. The zero-order chi connectivity index (χ0) is 11.9.